The maximum absolute atomic E-state index is 5.97. The maximum Gasteiger partial charge on any atom is 0.186 e. The number of anilines is 1. The molecule has 0 aliphatic rings. The van der Waals surface area contributed by atoms with Crippen LogP contribution in [0.5, 0.6) is 0 Å². The van der Waals surface area contributed by atoms with Crippen LogP contribution >= 0.6 is 11.3 Å². The fourth-order valence-electron chi connectivity index (χ4n) is 1.97. The van der Waals surface area contributed by atoms with E-state index in [1.54, 1.807) is 11.3 Å². The molecule has 4 nitrogen and oxygen atoms in total. The van der Waals surface area contributed by atoms with E-state index in [2.05, 4.69) is 21.8 Å². The standard InChI is InChI=1S/C14H20N4S/c1-4-18(9-12-5-7-16-8-6-12)14-17-11(3)13(19-14)10(2)15/h5-8,10H,4,9,15H2,1-3H3. The highest BCUT2D eigenvalue weighted by Crippen LogP contribution is 2.30. The van der Waals surface area contributed by atoms with E-state index < -0.39 is 0 Å². The summed E-state index contributed by atoms with van der Waals surface area (Å²) in [5.41, 5.74) is 8.25. The van der Waals surface area contributed by atoms with Crippen LogP contribution < -0.4 is 10.6 Å². The average Bonchev–Trinajstić information content (AvgIpc) is 2.79. The zero-order chi connectivity index (χ0) is 13.8. The lowest BCUT2D eigenvalue weighted by Gasteiger charge is -2.19. The Labute approximate surface area is 118 Å². The van der Waals surface area contributed by atoms with Gasteiger partial charge in [0.1, 0.15) is 0 Å². The topological polar surface area (TPSA) is 55.0 Å². The number of aryl methyl sites for hydroxylation is 1. The molecular formula is C14H20N4S. The van der Waals surface area contributed by atoms with E-state index in [0.717, 1.165) is 23.9 Å². The number of hydrogen-bond donors (Lipinski definition) is 1. The van der Waals surface area contributed by atoms with Crippen LogP contribution in [0.15, 0.2) is 24.5 Å². The first-order valence-electron chi connectivity index (χ1n) is 6.48. The lowest BCUT2D eigenvalue weighted by molar-refractivity contribution is 0.815. The highest BCUT2D eigenvalue weighted by atomic mass is 32.1. The molecule has 102 valence electrons. The van der Waals surface area contributed by atoms with Gasteiger partial charge in [0.05, 0.1) is 5.69 Å². The monoisotopic (exact) mass is 276 g/mol. The highest BCUT2D eigenvalue weighted by Gasteiger charge is 2.15. The second-order valence-corrected chi connectivity index (χ2v) is 5.61. The molecule has 1 atom stereocenters. The molecule has 19 heavy (non-hydrogen) atoms. The van der Waals surface area contributed by atoms with Crippen LogP contribution in [0.4, 0.5) is 5.13 Å². The third-order valence-electron chi connectivity index (χ3n) is 3.01. The molecule has 2 N–H and O–H groups in total. The first-order chi connectivity index (χ1) is 9.11. The molecule has 0 radical (unpaired) electrons. The van der Waals surface area contributed by atoms with Gasteiger partial charge in [-0.05, 0) is 38.5 Å². The van der Waals surface area contributed by atoms with Crippen molar-refractivity contribution in [3.8, 4) is 0 Å². The van der Waals surface area contributed by atoms with Crippen molar-refractivity contribution in [3.05, 3.63) is 40.7 Å². The molecule has 0 aliphatic heterocycles. The molecular weight excluding hydrogens is 256 g/mol. The molecule has 1 unspecified atom stereocenters. The van der Waals surface area contributed by atoms with Gasteiger partial charge >= 0.3 is 0 Å². The normalized spacial score (nSPS) is 12.4. The molecule has 0 bridgehead atoms. The van der Waals surface area contributed by atoms with Crippen molar-refractivity contribution in [1.82, 2.24) is 9.97 Å². The molecule has 0 saturated heterocycles. The fourth-order valence-corrected chi connectivity index (χ4v) is 3.06. The minimum atomic E-state index is 0.0471. The zero-order valence-electron chi connectivity index (χ0n) is 11.6. The molecule has 5 heteroatoms. The predicted octanol–water partition coefficient (Wildman–Crippen LogP) is 2.89. The maximum atomic E-state index is 5.97. The largest absolute Gasteiger partial charge is 0.344 e. The first kappa shape index (κ1) is 14.0. The summed E-state index contributed by atoms with van der Waals surface area (Å²) in [7, 11) is 0. The zero-order valence-corrected chi connectivity index (χ0v) is 12.4. The van der Waals surface area contributed by atoms with Gasteiger partial charge < -0.3 is 10.6 Å². The van der Waals surface area contributed by atoms with E-state index in [1.807, 2.05) is 38.4 Å². The second kappa shape index (κ2) is 6.12. The Kier molecular flexibility index (Phi) is 4.50. The van der Waals surface area contributed by atoms with Crippen LogP contribution in [0.3, 0.4) is 0 Å². The Morgan fingerprint density at radius 2 is 2.05 bits per heavy atom. The van der Waals surface area contributed by atoms with Crippen LogP contribution in [-0.2, 0) is 6.54 Å². The number of nitrogens with two attached hydrogens (primary N) is 1. The van der Waals surface area contributed by atoms with Crippen molar-refractivity contribution in [1.29, 1.82) is 0 Å². The number of nitrogens with zero attached hydrogens (tertiary/aromatic N) is 3. The van der Waals surface area contributed by atoms with E-state index in [9.17, 15) is 0 Å². The van der Waals surface area contributed by atoms with Gasteiger partial charge in [0, 0.05) is 36.4 Å². The van der Waals surface area contributed by atoms with Crippen molar-refractivity contribution in [2.24, 2.45) is 5.73 Å². The smallest absolute Gasteiger partial charge is 0.186 e. The lowest BCUT2D eigenvalue weighted by Crippen LogP contribution is -2.21. The predicted molar refractivity (Wildman–Crippen MR) is 80.4 cm³/mol. The van der Waals surface area contributed by atoms with E-state index in [-0.39, 0.29) is 6.04 Å². The van der Waals surface area contributed by atoms with Gasteiger partial charge in [-0.15, -0.1) is 11.3 Å². The number of thiazole rings is 1. The number of rotatable bonds is 5. The van der Waals surface area contributed by atoms with E-state index in [4.69, 9.17) is 5.73 Å². The Bertz CT molecular complexity index is 521. The summed E-state index contributed by atoms with van der Waals surface area (Å²) < 4.78 is 0. The average molecular weight is 276 g/mol. The van der Waals surface area contributed by atoms with E-state index in [0.29, 0.717) is 0 Å². The first-order valence-corrected chi connectivity index (χ1v) is 7.30. The van der Waals surface area contributed by atoms with E-state index >= 15 is 0 Å². The second-order valence-electron chi connectivity index (χ2n) is 4.60. The molecule has 0 spiro atoms. The number of pyridine rings is 1. The number of hydrogen-bond acceptors (Lipinski definition) is 5. The summed E-state index contributed by atoms with van der Waals surface area (Å²) in [6.45, 7) is 7.95. The summed E-state index contributed by atoms with van der Waals surface area (Å²) >= 11 is 1.69. The Hall–Kier alpha value is -1.46. The van der Waals surface area contributed by atoms with Crippen molar-refractivity contribution in [2.45, 2.75) is 33.4 Å². The Morgan fingerprint density at radius 3 is 2.58 bits per heavy atom. The lowest BCUT2D eigenvalue weighted by atomic mass is 10.2. The molecule has 2 rings (SSSR count). The molecule has 2 aromatic heterocycles. The molecule has 0 saturated carbocycles. The molecule has 2 heterocycles. The van der Waals surface area contributed by atoms with Crippen LogP contribution in [0.1, 0.15) is 36.0 Å². The van der Waals surface area contributed by atoms with Crippen molar-refractivity contribution >= 4 is 16.5 Å². The van der Waals surface area contributed by atoms with Gasteiger partial charge in [0.15, 0.2) is 5.13 Å². The van der Waals surface area contributed by atoms with Gasteiger partial charge in [-0.25, -0.2) is 4.98 Å². The van der Waals surface area contributed by atoms with Gasteiger partial charge in [-0.2, -0.15) is 0 Å². The summed E-state index contributed by atoms with van der Waals surface area (Å²) in [5, 5.41) is 1.05. The minimum absolute atomic E-state index is 0.0471. The van der Waals surface area contributed by atoms with Crippen LogP contribution in [0.2, 0.25) is 0 Å². The van der Waals surface area contributed by atoms with Gasteiger partial charge in [-0.3, -0.25) is 4.98 Å². The van der Waals surface area contributed by atoms with Gasteiger partial charge in [0.2, 0.25) is 0 Å². The Morgan fingerprint density at radius 1 is 1.37 bits per heavy atom. The Balaban J connectivity index is 2.20. The van der Waals surface area contributed by atoms with Crippen molar-refractivity contribution in [2.75, 3.05) is 11.4 Å². The summed E-state index contributed by atoms with van der Waals surface area (Å²) in [6, 6.07) is 4.12. The molecule has 0 aliphatic carbocycles. The third-order valence-corrected chi connectivity index (χ3v) is 4.43. The highest BCUT2D eigenvalue weighted by molar-refractivity contribution is 7.15. The number of aromatic nitrogens is 2. The van der Waals surface area contributed by atoms with Crippen LogP contribution in [-0.4, -0.2) is 16.5 Å². The minimum Gasteiger partial charge on any atom is -0.344 e. The third kappa shape index (κ3) is 3.30. The summed E-state index contributed by atoms with van der Waals surface area (Å²) in [6.07, 6.45) is 3.65. The summed E-state index contributed by atoms with van der Waals surface area (Å²) in [5.74, 6) is 0. The van der Waals surface area contributed by atoms with Crippen molar-refractivity contribution < 1.29 is 0 Å². The molecule has 0 aromatic carbocycles. The van der Waals surface area contributed by atoms with Gasteiger partial charge in [0.25, 0.3) is 0 Å². The van der Waals surface area contributed by atoms with Crippen LogP contribution in [0.25, 0.3) is 0 Å². The quantitative estimate of drug-likeness (QED) is 0.912. The fraction of sp³-hybridized carbons (Fsp3) is 0.429. The SMILES string of the molecule is CCN(Cc1ccncc1)c1nc(C)c(C(C)N)s1. The molecule has 0 fully saturated rings. The molecule has 0 amide bonds. The molecule has 2 aromatic rings. The van der Waals surface area contributed by atoms with Crippen molar-refractivity contribution in [3.63, 3.8) is 0 Å². The van der Waals surface area contributed by atoms with Crippen LogP contribution in [0, 0.1) is 6.92 Å². The van der Waals surface area contributed by atoms with Gasteiger partial charge in [-0.1, -0.05) is 0 Å². The summed E-state index contributed by atoms with van der Waals surface area (Å²) in [4.78, 5) is 12.1. The van der Waals surface area contributed by atoms with E-state index in [1.165, 1.54) is 10.4 Å².